The SMILES string of the molecule is O=C(c1cc(-c2ccco2)on1)N1CCC(CN2CCOCC2)CC1. The second-order valence-corrected chi connectivity index (χ2v) is 6.70. The molecule has 0 saturated carbocycles. The Bertz CT molecular complexity index is 683. The Morgan fingerprint density at radius 3 is 2.68 bits per heavy atom. The maximum Gasteiger partial charge on any atom is 0.276 e. The Morgan fingerprint density at radius 2 is 1.96 bits per heavy atom. The van der Waals surface area contributed by atoms with Crippen molar-refractivity contribution >= 4 is 5.91 Å². The molecule has 25 heavy (non-hydrogen) atoms. The largest absolute Gasteiger partial charge is 0.461 e. The first-order chi connectivity index (χ1) is 12.3. The summed E-state index contributed by atoms with van der Waals surface area (Å²) in [5, 5.41) is 3.91. The van der Waals surface area contributed by atoms with Gasteiger partial charge in [0.25, 0.3) is 5.91 Å². The van der Waals surface area contributed by atoms with E-state index in [1.165, 1.54) is 0 Å². The lowest BCUT2D eigenvalue weighted by Gasteiger charge is -2.35. The van der Waals surface area contributed by atoms with Crippen LogP contribution in [0.5, 0.6) is 0 Å². The normalized spacial score (nSPS) is 20.1. The third-order valence-corrected chi connectivity index (χ3v) is 5.02. The molecule has 7 heteroatoms. The van der Waals surface area contributed by atoms with E-state index in [0.717, 1.165) is 58.8 Å². The van der Waals surface area contributed by atoms with Crippen molar-refractivity contribution in [2.45, 2.75) is 12.8 Å². The monoisotopic (exact) mass is 345 g/mol. The summed E-state index contributed by atoms with van der Waals surface area (Å²) in [6.07, 6.45) is 3.64. The molecule has 134 valence electrons. The van der Waals surface area contributed by atoms with Crippen LogP contribution in [-0.4, -0.2) is 66.8 Å². The molecular formula is C18H23N3O4. The number of aromatic nitrogens is 1. The summed E-state index contributed by atoms with van der Waals surface area (Å²) in [6.45, 7) is 6.37. The maximum atomic E-state index is 12.6. The number of morpholine rings is 1. The molecule has 0 spiro atoms. The number of hydrogen-bond acceptors (Lipinski definition) is 6. The standard InChI is InChI=1S/C18H23N3O4/c22-18(15-12-17(25-19-15)16-2-1-9-24-16)21-5-3-14(4-6-21)13-20-7-10-23-11-8-20/h1-2,9,12,14H,3-8,10-11,13H2. The van der Waals surface area contributed by atoms with Gasteiger partial charge >= 0.3 is 0 Å². The zero-order valence-electron chi connectivity index (χ0n) is 14.2. The molecule has 0 radical (unpaired) electrons. The maximum absolute atomic E-state index is 12.6. The van der Waals surface area contributed by atoms with Gasteiger partial charge in [-0.2, -0.15) is 0 Å². The highest BCUT2D eigenvalue weighted by Gasteiger charge is 2.27. The minimum absolute atomic E-state index is 0.0635. The van der Waals surface area contributed by atoms with E-state index < -0.39 is 0 Å². The van der Waals surface area contributed by atoms with Crippen molar-refractivity contribution < 1.29 is 18.5 Å². The van der Waals surface area contributed by atoms with Crippen LogP contribution in [0.25, 0.3) is 11.5 Å². The molecule has 2 aliphatic rings. The van der Waals surface area contributed by atoms with Crippen molar-refractivity contribution in [1.29, 1.82) is 0 Å². The molecule has 0 unspecified atom stereocenters. The molecule has 0 atom stereocenters. The zero-order valence-corrected chi connectivity index (χ0v) is 14.2. The highest BCUT2D eigenvalue weighted by Crippen LogP contribution is 2.23. The van der Waals surface area contributed by atoms with Gasteiger partial charge in [0.1, 0.15) is 0 Å². The van der Waals surface area contributed by atoms with Crippen LogP contribution in [-0.2, 0) is 4.74 Å². The number of carbonyl (C=O) groups excluding carboxylic acids is 1. The number of piperidine rings is 1. The molecule has 4 heterocycles. The summed E-state index contributed by atoms with van der Waals surface area (Å²) in [5.74, 6) is 1.65. The van der Waals surface area contributed by atoms with Gasteiger partial charge in [0.05, 0.1) is 19.5 Å². The van der Waals surface area contributed by atoms with E-state index in [1.54, 1.807) is 24.5 Å². The van der Waals surface area contributed by atoms with Crippen LogP contribution >= 0.6 is 0 Å². The lowest BCUT2D eigenvalue weighted by Crippen LogP contribution is -2.44. The summed E-state index contributed by atoms with van der Waals surface area (Å²) in [7, 11) is 0. The van der Waals surface area contributed by atoms with Gasteiger partial charge in [0.2, 0.25) is 5.76 Å². The number of hydrogen-bond donors (Lipinski definition) is 0. The topological polar surface area (TPSA) is 72.0 Å². The Balaban J connectivity index is 1.30. The van der Waals surface area contributed by atoms with Crippen molar-refractivity contribution in [3.8, 4) is 11.5 Å². The first kappa shape index (κ1) is 16.4. The van der Waals surface area contributed by atoms with E-state index in [0.29, 0.717) is 23.1 Å². The molecule has 7 nitrogen and oxygen atoms in total. The first-order valence-corrected chi connectivity index (χ1v) is 8.89. The summed E-state index contributed by atoms with van der Waals surface area (Å²) in [5.41, 5.74) is 0.345. The van der Waals surface area contributed by atoms with E-state index in [1.807, 2.05) is 4.90 Å². The molecule has 2 fully saturated rings. The van der Waals surface area contributed by atoms with Gasteiger partial charge in [-0.25, -0.2) is 0 Å². The van der Waals surface area contributed by atoms with Gasteiger partial charge < -0.3 is 18.6 Å². The second kappa shape index (κ2) is 7.41. The molecule has 0 bridgehead atoms. The fourth-order valence-corrected chi connectivity index (χ4v) is 3.54. The molecular weight excluding hydrogens is 322 g/mol. The van der Waals surface area contributed by atoms with Gasteiger partial charge in [0.15, 0.2) is 11.5 Å². The van der Waals surface area contributed by atoms with Crippen molar-refractivity contribution in [3.05, 3.63) is 30.2 Å². The van der Waals surface area contributed by atoms with Crippen LogP contribution < -0.4 is 0 Å². The lowest BCUT2D eigenvalue weighted by atomic mass is 9.96. The van der Waals surface area contributed by atoms with Gasteiger partial charge in [-0.3, -0.25) is 9.69 Å². The minimum Gasteiger partial charge on any atom is -0.461 e. The Kier molecular flexibility index (Phi) is 4.85. The van der Waals surface area contributed by atoms with Crippen molar-refractivity contribution in [2.75, 3.05) is 45.9 Å². The average Bonchev–Trinajstić information content (AvgIpc) is 3.34. The van der Waals surface area contributed by atoms with Gasteiger partial charge in [-0.15, -0.1) is 0 Å². The Hall–Kier alpha value is -2.12. The smallest absolute Gasteiger partial charge is 0.276 e. The van der Waals surface area contributed by atoms with Crippen LogP contribution in [0.2, 0.25) is 0 Å². The van der Waals surface area contributed by atoms with Crippen molar-refractivity contribution in [1.82, 2.24) is 15.0 Å². The fourth-order valence-electron chi connectivity index (χ4n) is 3.54. The molecule has 0 aromatic carbocycles. The fraction of sp³-hybridized carbons (Fsp3) is 0.556. The molecule has 2 saturated heterocycles. The van der Waals surface area contributed by atoms with Crippen LogP contribution in [0.1, 0.15) is 23.3 Å². The number of carbonyl (C=O) groups is 1. The summed E-state index contributed by atoms with van der Waals surface area (Å²) < 4.78 is 15.9. The number of amides is 1. The number of furan rings is 1. The van der Waals surface area contributed by atoms with Crippen molar-refractivity contribution in [2.24, 2.45) is 5.92 Å². The Morgan fingerprint density at radius 1 is 1.16 bits per heavy atom. The number of nitrogens with zero attached hydrogens (tertiary/aromatic N) is 3. The minimum atomic E-state index is -0.0635. The second-order valence-electron chi connectivity index (χ2n) is 6.70. The number of likely N-dealkylation sites (tertiary alicyclic amines) is 1. The van der Waals surface area contributed by atoms with E-state index in [-0.39, 0.29) is 5.91 Å². The molecule has 0 aliphatic carbocycles. The molecule has 2 aliphatic heterocycles. The van der Waals surface area contributed by atoms with Gasteiger partial charge in [0, 0.05) is 38.8 Å². The first-order valence-electron chi connectivity index (χ1n) is 8.89. The molecule has 4 rings (SSSR count). The quantitative estimate of drug-likeness (QED) is 0.845. The van der Waals surface area contributed by atoms with Gasteiger partial charge in [-0.05, 0) is 30.9 Å². The van der Waals surface area contributed by atoms with Crippen LogP contribution in [0.15, 0.2) is 33.4 Å². The van der Waals surface area contributed by atoms with Crippen LogP contribution in [0, 0.1) is 5.92 Å². The third kappa shape index (κ3) is 3.77. The molecule has 2 aromatic rings. The summed E-state index contributed by atoms with van der Waals surface area (Å²) >= 11 is 0. The highest BCUT2D eigenvalue weighted by atomic mass is 16.5. The Labute approximate surface area is 146 Å². The average molecular weight is 345 g/mol. The third-order valence-electron chi connectivity index (χ3n) is 5.02. The predicted octanol–water partition coefficient (Wildman–Crippen LogP) is 2.12. The molecule has 0 N–H and O–H groups in total. The van der Waals surface area contributed by atoms with E-state index in [4.69, 9.17) is 13.7 Å². The zero-order chi connectivity index (χ0) is 17.1. The number of ether oxygens (including phenoxy) is 1. The summed E-state index contributed by atoms with van der Waals surface area (Å²) in [6, 6.07) is 5.21. The van der Waals surface area contributed by atoms with Crippen LogP contribution in [0.4, 0.5) is 0 Å². The van der Waals surface area contributed by atoms with Gasteiger partial charge in [-0.1, -0.05) is 5.16 Å². The molecule has 2 aromatic heterocycles. The highest BCUT2D eigenvalue weighted by molar-refractivity contribution is 5.93. The molecule has 1 amide bonds. The van der Waals surface area contributed by atoms with Crippen molar-refractivity contribution in [3.63, 3.8) is 0 Å². The lowest BCUT2D eigenvalue weighted by molar-refractivity contribution is 0.0242. The van der Waals surface area contributed by atoms with E-state index >= 15 is 0 Å². The van der Waals surface area contributed by atoms with E-state index in [2.05, 4.69) is 10.1 Å². The van der Waals surface area contributed by atoms with Crippen LogP contribution in [0.3, 0.4) is 0 Å². The summed E-state index contributed by atoms with van der Waals surface area (Å²) in [4.78, 5) is 17.0. The number of rotatable bonds is 4. The van der Waals surface area contributed by atoms with E-state index in [9.17, 15) is 4.79 Å². The predicted molar refractivity (Wildman–Crippen MR) is 90.1 cm³/mol.